The summed E-state index contributed by atoms with van der Waals surface area (Å²) in [5.74, 6) is -1.15. The maximum Gasteiger partial charge on any atom is 0.262 e. The average molecular weight is 415 g/mol. The number of methoxy groups -OCH3 is 1. The van der Waals surface area contributed by atoms with E-state index in [2.05, 4.69) is 10.6 Å². The Balaban J connectivity index is 1.75. The van der Waals surface area contributed by atoms with Crippen LogP contribution < -0.4 is 10.6 Å². The second-order valence-electron chi connectivity index (χ2n) is 6.96. The van der Waals surface area contributed by atoms with E-state index in [1.54, 1.807) is 12.1 Å². The van der Waals surface area contributed by atoms with Crippen LogP contribution in [0.15, 0.2) is 30.3 Å². The predicted octanol–water partition coefficient (Wildman–Crippen LogP) is 4.48. The molecule has 0 aliphatic heterocycles. The van der Waals surface area contributed by atoms with E-state index in [4.69, 9.17) is 4.74 Å². The first-order chi connectivity index (χ1) is 13.8. The Morgan fingerprint density at radius 1 is 1.14 bits per heavy atom. The number of thiophene rings is 1. The van der Waals surface area contributed by atoms with Gasteiger partial charge in [-0.1, -0.05) is 23.8 Å². The van der Waals surface area contributed by atoms with Gasteiger partial charge in [0.1, 0.15) is 5.82 Å². The van der Waals surface area contributed by atoms with Gasteiger partial charge in [0.15, 0.2) is 0 Å². The number of anilines is 1. The van der Waals surface area contributed by atoms with Crippen molar-refractivity contribution in [2.24, 2.45) is 0 Å². The summed E-state index contributed by atoms with van der Waals surface area (Å²) in [7, 11) is 1.49. The van der Waals surface area contributed by atoms with Crippen molar-refractivity contribution in [1.29, 1.82) is 0 Å². The molecule has 5 nitrogen and oxygen atoms in total. The minimum atomic E-state index is -0.426. The molecule has 3 rings (SSSR count). The van der Waals surface area contributed by atoms with Gasteiger partial charge in [-0.05, 0) is 44.0 Å². The van der Waals surface area contributed by atoms with E-state index in [0.717, 1.165) is 22.4 Å². The fraction of sp³-hybridized carbons (Fsp3) is 0.273. The lowest BCUT2D eigenvalue weighted by atomic mass is 10.1. The van der Waals surface area contributed by atoms with Crippen molar-refractivity contribution in [2.75, 3.05) is 19.0 Å². The quantitative estimate of drug-likeness (QED) is 0.625. The van der Waals surface area contributed by atoms with E-state index in [-0.39, 0.29) is 19.1 Å². The number of benzene rings is 2. The van der Waals surface area contributed by atoms with E-state index in [1.807, 2.05) is 32.9 Å². The molecule has 0 fully saturated rings. The van der Waals surface area contributed by atoms with Gasteiger partial charge in [0, 0.05) is 28.4 Å². The number of amides is 2. The molecule has 2 amide bonds. The fourth-order valence-corrected chi connectivity index (χ4v) is 4.57. The number of nitrogens with one attached hydrogen (secondary N) is 2. The van der Waals surface area contributed by atoms with E-state index in [1.165, 1.54) is 24.5 Å². The summed E-state index contributed by atoms with van der Waals surface area (Å²) in [6.07, 6.45) is 0. The second kappa shape index (κ2) is 8.71. The van der Waals surface area contributed by atoms with Gasteiger partial charge in [0.2, 0.25) is 5.91 Å². The summed E-state index contributed by atoms with van der Waals surface area (Å²) in [4.78, 5) is 25.4. The summed E-state index contributed by atoms with van der Waals surface area (Å²) in [6.45, 7) is 5.78. The molecule has 3 aromatic rings. The number of hydrogen-bond donors (Lipinski definition) is 2. The largest absolute Gasteiger partial charge is 0.380 e. The van der Waals surface area contributed by atoms with Crippen LogP contribution in [0.1, 0.15) is 31.9 Å². The number of hydrogen-bond acceptors (Lipinski definition) is 4. The van der Waals surface area contributed by atoms with Crippen LogP contribution in [0.25, 0.3) is 10.1 Å². The standard InChI is InChI=1S/C22H23FN2O3S/c1-12-8-13(2)20(14(3)9-12)25-18(26)10-24-22(27)21-15(11-28-4)19-16(23)6-5-7-17(19)29-21/h5-9H,10-11H2,1-4H3,(H,24,27)(H,25,26). The first-order valence-electron chi connectivity index (χ1n) is 9.16. The molecule has 0 spiro atoms. The molecule has 0 aliphatic carbocycles. The Hall–Kier alpha value is -2.77. The number of aryl methyl sites for hydroxylation is 3. The highest BCUT2D eigenvalue weighted by molar-refractivity contribution is 7.21. The monoisotopic (exact) mass is 414 g/mol. The van der Waals surface area contributed by atoms with Gasteiger partial charge >= 0.3 is 0 Å². The van der Waals surface area contributed by atoms with Crippen LogP contribution in [0.5, 0.6) is 0 Å². The van der Waals surface area contributed by atoms with Crippen molar-refractivity contribution >= 4 is 38.9 Å². The van der Waals surface area contributed by atoms with Gasteiger partial charge in [0.05, 0.1) is 18.0 Å². The van der Waals surface area contributed by atoms with E-state index >= 15 is 0 Å². The predicted molar refractivity (Wildman–Crippen MR) is 114 cm³/mol. The Morgan fingerprint density at radius 2 is 1.83 bits per heavy atom. The van der Waals surface area contributed by atoms with Crippen LogP contribution in [0.4, 0.5) is 10.1 Å². The van der Waals surface area contributed by atoms with Gasteiger partial charge in [-0.15, -0.1) is 11.3 Å². The molecule has 0 bridgehead atoms. The van der Waals surface area contributed by atoms with Crippen molar-refractivity contribution < 1.29 is 18.7 Å². The zero-order valence-electron chi connectivity index (χ0n) is 16.8. The molecule has 0 saturated carbocycles. The summed E-state index contributed by atoms with van der Waals surface area (Å²) in [5, 5.41) is 5.87. The van der Waals surface area contributed by atoms with Gasteiger partial charge in [-0.2, -0.15) is 0 Å². The first kappa shape index (κ1) is 21.0. The second-order valence-corrected chi connectivity index (χ2v) is 8.01. The zero-order valence-corrected chi connectivity index (χ0v) is 17.6. The molecule has 0 saturated heterocycles. The number of fused-ring (bicyclic) bond motifs is 1. The zero-order chi connectivity index (χ0) is 21.1. The average Bonchev–Trinajstić information content (AvgIpc) is 3.03. The van der Waals surface area contributed by atoms with E-state index in [9.17, 15) is 14.0 Å². The van der Waals surface area contributed by atoms with Crippen LogP contribution in [-0.2, 0) is 16.1 Å². The van der Waals surface area contributed by atoms with Gasteiger partial charge in [0.25, 0.3) is 5.91 Å². The first-order valence-corrected chi connectivity index (χ1v) is 9.98. The molecule has 0 radical (unpaired) electrons. The Bertz CT molecular complexity index is 1070. The number of carbonyl (C=O) groups excluding carboxylic acids is 2. The summed E-state index contributed by atoms with van der Waals surface area (Å²) in [5.41, 5.74) is 4.29. The van der Waals surface area contributed by atoms with Gasteiger partial charge in [-0.3, -0.25) is 9.59 Å². The SMILES string of the molecule is COCc1c(C(=O)NCC(=O)Nc2c(C)cc(C)cc2C)sc2cccc(F)c12. The number of carbonyl (C=O) groups is 2. The third-order valence-electron chi connectivity index (χ3n) is 4.61. The lowest BCUT2D eigenvalue weighted by Gasteiger charge is -2.13. The molecule has 7 heteroatoms. The van der Waals surface area contributed by atoms with Crippen molar-refractivity contribution in [3.05, 3.63) is 63.3 Å². The summed E-state index contributed by atoms with van der Waals surface area (Å²) in [6, 6.07) is 8.70. The lowest BCUT2D eigenvalue weighted by molar-refractivity contribution is -0.115. The molecular weight excluding hydrogens is 391 g/mol. The molecular formula is C22H23FN2O3S. The molecule has 0 atom stereocenters. The molecule has 2 aromatic carbocycles. The summed E-state index contributed by atoms with van der Waals surface area (Å²) < 4.78 is 20.1. The van der Waals surface area contributed by atoms with E-state index in [0.29, 0.717) is 20.5 Å². The molecule has 152 valence electrons. The Labute approximate surface area is 172 Å². The number of halogens is 1. The normalized spacial score (nSPS) is 10.9. The molecule has 1 aromatic heterocycles. The van der Waals surface area contributed by atoms with Gasteiger partial charge in [-0.25, -0.2) is 4.39 Å². The maximum atomic E-state index is 14.3. The lowest BCUT2D eigenvalue weighted by Crippen LogP contribution is -2.33. The Kier molecular flexibility index (Phi) is 6.30. The fourth-order valence-electron chi connectivity index (χ4n) is 3.43. The van der Waals surface area contributed by atoms with Crippen LogP contribution in [0.3, 0.4) is 0 Å². The van der Waals surface area contributed by atoms with Crippen LogP contribution in [0, 0.1) is 26.6 Å². The third kappa shape index (κ3) is 4.46. The minimum Gasteiger partial charge on any atom is -0.380 e. The summed E-state index contributed by atoms with van der Waals surface area (Å²) >= 11 is 1.18. The highest BCUT2D eigenvalue weighted by Crippen LogP contribution is 2.33. The number of rotatable bonds is 6. The molecule has 0 aliphatic rings. The van der Waals surface area contributed by atoms with Crippen LogP contribution >= 0.6 is 11.3 Å². The maximum absolute atomic E-state index is 14.3. The van der Waals surface area contributed by atoms with Crippen molar-refractivity contribution in [2.45, 2.75) is 27.4 Å². The smallest absolute Gasteiger partial charge is 0.262 e. The molecule has 0 unspecified atom stereocenters. The highest BCUT2D eigenvalue weighted by Gasteiger charge is 2.21. The molecule has 2 N–H and O–H groups in total. The topological polar surface area (TPSA) is 67.4 Å². The highest BCUT2D eigenvalue weighted by atomic mass is 32.1. The molecule has 1 heterocycles. The van der Waals surface area contributed by atoms with E-state index < -0.39 is 11.7 Å². The Morgan fingerprint density at radius 3 is 2.48 bits per heavy atom. The van der Waals surface area contributed by atoms with Gasteiger partial charge < -0.3 is 15.4 Å². The van der Waals surface area contributed by atoms with Crippen molar-refractivity contribution in [3.63, 3.8) is 0 Å². The van der Waals surface area contributed by atoms with Crippen LogP contribution in [-0.4, -0.2) is 25.5 Å². The van der Waals surface area contributed by atoms with Crippen molar-refractivity contribution in [1.82, 2.24) is 5.32 Å². The third-order valence-corrected chi connectivity index (χ3v) is 5.81. The van der Waals surface area contributed by atoms with Crippen LogP contribution in [0.2, 0.25) is 0 Å². The minimum absolute atomic E-state index is 0.109. The van der Waals surface area contributed by atoms with Crippen molar-refractivity contribution in [3.8, 4) is 0 Å². The molecule has 29 heavy (non-hydrogen) atoms. The number of ether oxygens (including phenoxy) is 1.